The van der Waals surface area contributed by atoms with Crippen molar-refractivity contribution in [2.24, 2.45) is 0 Å². The second-order valence-electron chi connectivity index (χ2n) is 10.2. The number of amides is 1. The maximum Gasteiger partial charge on any atom is 0.230 e. The summed E-state index contributed by atoms with van der Waals surface area (Å²) in [5.74, 6) is 1.81. The van der Waals surface area contributed by atoms with Gasteiger partial charge in [-0.05, 0) is 48.6 Å². The summed E-state index contributed by atoms with van der Waals surface area (Å²) in [5, 5.41) is 5.98. The average molecular weight is 629 g/mol. The number of thiocarbonyl (C=S) groups is 1. The number of pyridine rings is 1. The molecule has 10 nitrogen and oxygen atoms in total. The van der Waals surface area contributed by atoms with Crippen molar-refractivity contribution in [3.63, 3.8) is 0 Å². The fourth-order valence-electron chi connectivity index (χ4n) is 4.90. The van der Waals surface area contributed by atoms with Gasteiger partial charge in [0.2, 0.25) is 5.91 Å². The van der Waals surface area contributed by atoms with Gasteiger partial charge in [-0.1, -0.05) is 18.2 Å². The molecule has 1 fully saturated rings. The molecule has 4 heterocycles. The zero-order chi connectivity index (χ0) is 30.3. The average Bonchev–Trinajstić information content (AvgIpc) is 3.70. The molecule has 2 aromatic carbocycles. The Kier molecular flexibility index (Phi) is 9.42. The molecule has 5 aromatic rings. The second kappa shape index (κ2) is 14.0. The number of para-hydroxylation sites is 1. The SMILES string of the molecule is COc1ccccc1CC(=O)NC(=S)Nc1ccc(Oc2ccnc3cc(-c4cn(CCN5CCOCC5)cn4)sc23)cc1. The van der Waals surface area contributed by atoms with Gasteiger partial charge in [-0.15, -0.1) is 11.3 Å². The molecule has 1 amide bonds. The number of hydrogen-bond donors (Lipinski definition) is 2. The Morgan fingerprint density at radius 2 is 1.86 bits per heavy atom. The van der Waals surface area contributed by atoms with Gasteiger partial charge < -0.3 is 29.4 Å². The highest BCUT2D eigenvalue weighted by molar-refractivity contribution is 7.80. The minimum Gasteiger partial charge on any atom is -0.496 e. The van der Waals surface area contributed by atoms with Crippen LogP contribution >= 0.6 is 23.6 Å². The summed E-state index contributed by atoms with van der Waals surface area (Å²) < 4.78 is 20.1. The van der Waals surface area contributed by atoms with Gasteiger partial charge in [-0.25, -0.2) is 4.98 Å². The number of hydrogen-bond acceptors (Lipinski definition) is 9. The Morgan fingerprint density at radius 3 is 2.68 bits per heavy atom. The lowest BCUT2D eigenvalue weighted by atomic mass is 10.1. The van der Waals surface area contributed by atoms with Crippen LogP contribution in [0, 0.1) is 0 Å². The number of imidazole rings is 1. The number of fused-ring (bicyclic) bond motifs is 1. The van der Waals surface area contributed by atoms with Crippen molar-refractivity contribution in [1.82, 2.24) is 24.8 Å². The van der Waals surface area contributed by atoms with Gasteiger partial charge in [-0.2, -0.15) is 0 Å². The van der Waals surface area contributed by atoms with E-state index in [4.69, 9.17) is 26.4 Å². The second-order valence-corrected chi connectivity index (χ2v) is 11.7. The smallest absolute Gasteiger partial charge is 0.230 e. The first kappa shape index (κ1) is 29.7. The zero-order valence-electron chi connectivity index (χ0n) is 24.2. The lowest BCUT2D eigenvalue weighted by Crippen LogP contribution is -2.38. The van der Waals surface area contributed by atoms with Gasteiger partial charge in [-0.3, -0.25) is 14.7 Å². The highest BCUT2D eigenvalue weighted by Gasteiger charge is 2.15. The normalized spacial score (nSPS) is 13.5. The molecule has 0 radical (unpaired) electrons. The number of morpholine rings is 1. The molecule has 44 heavy (non-hydrogen) atoms. The van der Waals surface area contributed by atoms with Crippen molar-refractivity contribution in [1.29, 1.82) is 0 Å². The molecule has 1 saturated heterocycles. The predicted molar refractivity (Wildman–Crippen MR) is 176 cm³/mol. The molecule has 0 bridgehead atoms. The van der Waals surface area contributed by atoms with Crippen LogP contribution in [-0.4, -0.2) is 70.4 Å². The molecule has 12 heteroatoms. The van der Waals surface area contributed by atoms with Gasteiger partial charge in [0, 0.05) is 55.9 Å². The van der Waals surface area contributed by atoms with E-state index in [2.05, 4.69) is 42.3 Å². The van der Waals surface area contributed by atoms with Gasteiger partial charge >= 0.3 is 0 Å². The van der Waals surface area contributed by atoms with E-state index in [0.29, 0.717) is 11.5 Å². The summed E-state index contributed by atoms with van der Waals surface area (Å²) in [6, 6.07) is 18.7. The molecule has 1 aliphatic heterocycles. The molecule has 2 N–H and O–H groups in total. The lowest BCUT2D eigenvalue weighted by Gasteiger charge is -2.26. The van der Waals surface area contributed by atoms with Crippen molar-refractivity contribution in [3.05, 3.63) is 84.9 Å². The standard InChI is InChI=1S/C32H32N6O4S2/c1-40-27-5-3-2-4-22(27)18-30(39)36-32(43)35-23-6-8-24(9-7-23)42-28-10-11-33-25-19-29(44-31(25)28)26-20-38(21-34-26)13-12-37-14-16-41-17-15-37/h2-11,19-21H,12-18H2,1H3,(H2,35,36,39,43). The summed E-state index contributed by atoms with van der Waals surface area (Å²) in [4.78, 5) is 25.2. The van der Waals surface area contributed by atoms with Crippen molar-refractivity contribution >= 4 is 50.5 Å². The van der Waals surface area contributed by atoms with Gasteiger partial charge in [0.25, 0.3) is 0 Å². The third-order valence-electron chi connectivity index (χ3n) is 7.18. The van der Waals surface area contributed by atoms with Crippen LogP contribution in [0.5, 0.6) is 17.2 Å². The van der Waals surface area contributed by atoms with Crippen LogP contribution in [-0.2, 0) is 22.5 Å². The molecule has 0 unspecified atom stereocenters. The molecule has 1 aliphatic rings. The number of rotatable bonds is 10. The van der Waals surface area contributed by atoms with Crippen LogP contribution < -0.4 is 20.1 Å². The number of anilines is 1. The monoisotopic (exact) mass is 628 g/mol. The third-order valence-corrected chi connectivity index (χ3v) is 8.54. The van der Waals surface area contributed by atoms with E-state index in [1.165, 1.54) is 0 Å². The number of ether oxygens (including phenoxy) is 3. The van der Waals surface area contributed by atoms with Crippen LogP contribution in [0.15, 0.2) is 79.4 Å². The number of carbonyl (C=O) groups is 1. The predicted octanol–water partition coefficient (Wildman–Crippen LogP) is 5.35. The highest BCUT2D eigenvalue weighted by Crippen LogP contribution is 2.38. The molecule has 3 aromatic heterocycles. The number of thiophene rings is 1. The Morgan fingerprint density at radius 1 is 1.05 bits per heavy atom. The topological polar surface area (TPSA) is 103 Å². The lowest BCUT2D eigenvalue weighted by molar-refractivity contribution is -0.119. The van der Waals surface area contributed by atoms with Gasteiger partial charge in [0.1, 0.15) is 17.2 Å². The summed E-state index contributed by atoms with van der Waals surface area (Å²) in [5.41, 5.74) is 3.29. The van der Waals surface area contributed by atoms with Crippen molar-refractivity contribution in [2.75, 3.05) is 45.3 Å². The third kappa shape index (κ3) is 7.40. The quantitative estimate of drug-likeness (QED) is 0.198. The largest absolute Gasteiger partial charge is 0.496 e. The number of carbonyl (C=O) groups excluding carboxylic acids is 1. The molecule has 6 rings (SSSR count). The summed E-state index contributed by atoms with van der Waals surface area (Å²) in [6.07, 6.45) is 5.87. The Balaban J connectivity index is 1.05. The summed E-state index contributed by atoms with van der Waals surface area (Å²) >= 11 is 6.95. The van der Waals surface area contributed by atoms with Crippen LogP contribution in [0.1, 0.15) is 5.56 Å². The number of nitrogens with one attached hydrogen (secondary N) is 2. The van der Waals surface area contributed by atoms with Crippen LogP contribution in [0.4, 0.5) is 5.69 Å². The molecule has 0 aliphatic carbocycles. The first-order valence-corrected chi connectivity index (χ1v) is 15.5. The van der Waals surface area contributed by atoms with Crippen molar-refractivity contribution < 1.29 is 19.0 Å². The van der Waals surface area contributed by atoms with Crippen molar-refractivity contribution in [2.45, 2.75) is 13.0 Å². The van der Waals surface area contributed by atoms with Crippen LogP contribution in [0.2, 0.25) is 0 Å². The number of nitrogens with zero attached hydrogens (tertiary/aromatic N) is 4. The number of aromatic nitrogens is 3. The van der Waals surface area contributed by atoms with Crippen LogP contribution in [0.25, 0.3) is 20.8 Å². The fourth-order valence-corrected chi connectivity index (χ4v) is 6.16. The van der Waals surface area contributed by atoms with E-state index in [1.807, 2.05) is 60.9 Å². The van der Waals surface area contributed by atoms with Crippen LogP contribution in [0.3, 0.4) is 0 Å². The minimum absolute atomic E-state index is 0.153. The van der Waals surface area contributed by atoms with E-state index < -0.39 is 0 Å². The summed E-state index contributed by atoms with van der Waals surface area (Å²) in [6.45, 7) is 5.41. The molecular formula is C32H32N6O4S2. The minimum atomic E-state index is -0.233. The first-order chi connectivity index (χ1) is 21.5. The van der Waals surface area contributed by atoms with Gasteiger partial charge in [0.05, 0.1) is 53.9 Å². The zero-order valence-corrected chi connectivity index (χ0v) is 25.8. The molecular weight excluding hydrogens is 597 g/mol. The molecule has 0 atom stereocenters. The highest BCUT2D eigenvalue weighted by atomic mass is 32.1. The maximum atomic E-state index is 12.5. The fraction of sp³-hybridized carbons (Fsp3) is 0.250. The Labute approximate surface area is 264 Å². The molecule has 226 valence electrons. The summed E-state index contributed by atoms with van der Waals surface area (Å²) in [7, 11) is 1.58. The van der Waals surface area contributed by atoms with E-state index in [-0.39, 0.29) is 17.4 Å². The van der Waals surface area contributed by atoms with E-state index in [0.717, 1.165) is 77.2 Å². The Bertz CT molecular complexity index is 1750. The molecule has 0 spiro atoms. The van der Waals surface area contributed by atoms with Gasteiger partial charge in [0.15, 0.2) is 5.11 Å². The van der Waals surface area contributed by atoms with Crippen molar-refractivity contribution in [3.8, 4) is 27.8 Å². The maximum absolute atomic E-state index is 12.5. The first-order valence-electron chi connectivity index (χ1n) is 14.3. The number of benzene rings is 2. The number of methoxy groups -OCH3 is 1. The van der Waals surface area contributed by atoms with E-state index in [1.54, 1.807) is 24.6 Å². The van der Waals surface area contributed by atoms with E-state index >= 15 is 0 Å². The molecule has 0 saturated carbocycles. The Hall–Kier alpha value is -4.36. The van der Waals surface area contributed by atoms with E-state index in [9.17, 15) is 4.79 Å².